The van der Waals surface area contributed by atoms with Crippen molar-refractivity contribution in [2.75, 3.05) is 13.2 Å². The number of hydrogen-bond donors (Lipinski definition) is 0. The topological polar surface area (TPSA) is 147 Å². The third kappa shape index (κ3) is 5.03. The second kappa shape index (κ2) is 10.8. The molecule has 1 amide bonds. The van der Waals surface area contributed by atoms with Crippen molar-refractivity contribution in [1.82, 2.24) is 14.0 Å². The van der Waals surface area contributed by atoms with Gasteiger partial charge < -0.3 is 14.0 Å². The number of halogens is 1. The van der Waals surface area contributed by atoms with E-state index in [0.29, 0.717) is 18.7 Å². The molecule has 0 bridgehead atoms. The number of carbonyl (C=O) groups excluding carboxylic acids is 2. The lowest BCUT2D eigenvalue weighted by Gasteiger charge is -2.18. The minimum Gasteiger partial charge on any atom is -0.462 e. The van der Waals surface area contributed by atoms with Gasteiger partial charge in [0, 0.05) is 23.9 Å². The number of esters is 1. The lowest BCUT2D eigenvalue weighted by Crippen LogP contribution is -2.35. The number of nitrogens with zero attached hydrogens (tertiary/aromatic N) is 5. The number of ether oxygens (including phenoxy) is 2. The minimum atomic E-state index is -1.01. The highest BCUT2D eigenvalue weighted by Gasteiger charge is 2.25. The van der Waals surface area contributed by atoms with E-state index in [9.17, 15) is 24.5 Å². The van der Waals surface area contributed by atoms with Crippen molar-refractivity contribution in [2.45, 2.75) is 32.4 Å². The molecule has 4 aromatic rings. The Balaban J connectivity index is 1.87. The average molecular weight is 552 g/mol. The lowest BCUT2D eigenvalue weighted by molar-refractivity contribution is -0.385. The number of amides is 1. The molecule has 1 fully saturated rings. The SMILES string of the molecule is CCOC(=O)c1cc2c(=O)n3ccccc3nc2n(C[C@H]2CCCO2)c1=NC(=O)c1cc(Cl)ccc1[N+](=O)[O-]. The molecule has 1 aliphatic heterocycles. The Hall–Kier alpha value is -4.42. The van der Waals surface area contributed by atoms with Crippen molar-refractivity contribution in [2.24, 2.45) is 4.99 Å². The van der Waals surface area contributed by atoms with E-state index in [2.05, 4.69) is 9.98 Å². The van der Waals surface area contributed by atoms with Gasteiger partial charge in [-0.15, -0.1) is 0 Å². The Kier molecular flexibility index (Phi) is 7.22. The normalized spacial score (nSPS) is 15.6. The molecule has 0 radical (unpaired) electrons. The Morgan fingerprint density at radius 3 is 2.79 bits per heavy atom. The molecule has 0 unspecified atom stereocenters. The first kappa shape index (κ1) is 26.2. The summed E-state index contributed by atoms with van der Waals surface area (Å²) in [7, 11) is 0. The number of nitro benzene ring substituents is 1. The van der Waals surface area contributed by atoms with E-state index in [1.54, 1.807) is 31.3 Å². The molecule has 1 saturated heterocycles. The molecule has 1 aromatic carbocycles. The summed E-state index contributed by atoms with van der Waals surface area (Å²) >= 11 is 6.03. The summed E-state index contributed by atoms with van der Waals surface area (Å²) < 4.78 is 13.8. The summed E-state index contributed by atoms with van der Waals surface area (Å²) in [5.74, 6) is -1.84. The van der Waals surface area contributed by atoms with Crippen LogP contribution in [0.1, 0.15) is 40.5 Å². The van der Waals surface area contributed by atoms with Gasteiger partial charge in [0.15, 0.2) is 5.49 Å². The van der Waals surface area contributed by atoms with E-state index in [-0.39, 0.29) is 51.9 Å². The fraction of sp³-hybridized carbons (Fsp3) is 0.269. The number of pyridine rings is 2. The molecule has 39 heavy (non-hydrogen) atoms. The van der Waals surface area contributed by atoms with Gasteiger partial charge in [-0.3, -0.25) is 24.1 Å². The van der Waals surface area contributed by atoms with E-state index in [4.69, 9.17) is 21.1 Å². The number of benzene rings is 1. The molecular weight excluding hydrogens is 530 g/mol. The van der Waals surface area contributed by atoms with Gasteiger partial charge in [0.1, 0.15) is 22.4 Å². The van der Waals surface area contributed by atoms with Crippen molar-refractivity contribution >= 4 is 45.8 Å². The van der Waals surface area contributed by atoms with Crippen LogP contribution in [-0.2, 0) is 16.0 Å². The second-order valence-electron chi connectivity index (χ2n) is 8.77. The Bertz CT molecular complexity index is 1770. The first-order valence-corrected chi connectivity index (χ1v) is 12.5. The van der Waals surface area contributed by atoms with Crippen molar-refractivity contribution in [3.8, 4) is 0 Å². The Morgan fingerprint density at radius 2 is 2.08 bits per heavy atom. The number of nitro groups is 1. The van der Waals surface area contributed by atoms with Gasteiger partial charge in [-0.2, -0.15) is 4.99 Å². The van der Waals surface area contributed by atoms with Crippen LogP contribution >= 0.6 is 11.6 Å². The van der Waals surface area contributed by atoms with Crippen LogP contribution in [0.3, 0.4) is 0 Å². The van der Waals surface area contributed by atoms with E-state index < -0.39 is 28.0 Å². The standard InChI is InChI=1S/C26H22ClN5O7/c1-2-38-26(35)19-13-18-22(28-21-7-3-4-10-30(21)25(18)34)31(14-16-6-5-11-39-16)23(19)29-24(33)17-12-15(27)8-9-20(17)32(36)37/h3-4,7-10,12-13,16H,2,5-6,11,14H2,1H3/t16-/m1/s1. The summed E-state index contributed by atoms with van der Waals surface area (Å²) in [6.07, 6.45) is 2.74. The van der Waals surface area contributed by atoms with Crippen molar-refractivity contribution in [3.63, 3.8) is 0 Å². The van der Waals surface area contributed by atoms with Crippen LogP contribution in [0.2, 0.25) is 5.02 Å². The quantitative estimate of drug-likeness (QED) is 0.153. The van der Waals surface area contributed by atoms with E-state index >= 15 is 0 Å². The number of carbonyl (C=O) groups is 2. The summed E-state index contributed by atoms with van der Waals surface area (Å²) in [4.78, 5) is 59.7. The van der Waals surface area contributed by atoms with Gasteiger partial charge in [0.2, 0.25) is 0 Å². The average Bonchev–Trinajstić information content (AvgIpc) is 3.43. The van der Waals surface area contributed by atoms with Gasteiger partial charge in [-0.05, 0) is 50.1 Å². The number of aromatic nitrogens is 3. The summed E-state index contributed by atoms with van der Waals surface area (Å²) in [6.45, 7) is 2.27. The molecular formula is C26H22ClN5O7. The van der Waals surface area contributed by atoms with Crippen LogP contribution in [0.5, 0.6) is 0 Å². The van der Waals surface area contributed by atoms with E-state index in [1.807, 2.05) is 0 Å². The second-order valence-corrected chi connectivity index (χ2v) is 9.20. The van der Waals surface area contributed by atoms with Crippen molar-refractivity contribution in [1.29, 1.82) is 0 Å². The van der Waals surface area contributed by atoms with Crippen molar-refractivity contribution < 1.29 is 24.0 Å². The van der Waals surface area contributed by atoms with Crippen LogP contribution in [0.15, 0.2) is 58.4 Å². The molecule has 200 valence electrons. The molecule has 0 saturated carbocycles. The zero-order valence-electron chi connectivity index (χ0n) is 20.7. The number of hydrogen-bond acceptors (Lipinski definition) is 8. The maximum atomic E-state index is 13.5. The van der Waals surface area contributed by atoms with Gasteiger partial charge in [0.05, 0.1) is 29.6 Å². The Morgan fingerprint density at radius 1 is 1.26 bits per heavy atom. The molecule has 3 aromatic heterocycles. The smallest absolute Gasteiger partial charge is 0.341 e. The maximum absolute atomic E-state index is 13.5. The summed E-state index contributed by atoms with van der Waals surface area (Å²) in [5, 5.41) is 11.8. The van der Waals surface area contributed by atoms with Crippen LogP contribution in [0.25, 0.3) is 16.7 Å². The molecule has 0 spiro atoms. The highest BCUT2D eigenvalue weighted by atomic mass is 35.5. The zero-order chi connectivity index (χ0) is 27.7. The largest absolute Gasteiger partial charge is 0.462 e. The van der Waals surface area contributed by atoms with Crippen LogP contribution < -0.4 is 11.0 Å². The monoisotopic (exact) mass is 551 g/mol. The van der Waals surface area contributed by atoms with Crippen molar-refractivity contribution in [3.05, 3.63) is 90.8 Å². The third-order valence-electron chi connectivity index (χ3n) is 6.29. The highest BCUT2D eigenvalue weighted by molar-refractivity contribution is 6.31. The molecule has 0 N–H and O–H groups in total. The highest BCUT2D eigenvalue weighted by Crippen LogP contribution is 2.24. The maximum Gasteiger partial charge on any atom is 0.341 e. The number of fused-ring (bicyclic) bond motifs is 2. The van der Waals surface area contributed by atoms with E-state index in [1.165, 1.54) is 21.1 Å². The van der Waals surface area contributed by atoms with Crippen LogP contribution in [0.4, 0.5) is 5.69 Å². The van der Waals surface area contributed by atoms with Gasteiger partial charge in [0.25, 0.3) is 17.2 Å². The van der Waals surface area contributed by atoms with E-state index in [0.717, 1.165) is 18.6 Å². The first-order chi connectivity index (χ1) is 18.8. The molecule has 5 rings (SSSR count). The lowest BCUT2D eigenvalue weighted by atomic mass is 10.1. The molecule has 1 aliphatic rings. The molecule has 4 heterocycles. The minimum absolute atomic E-state index is 0.0186. The fourth-order valence-electron chi connectivity index (χ4n) is 4.52. The van der Waals surface area contributed by atoms with Crippen LogP contribution in [-0.4, -0.2) is 50.1 Å². The fourth-order valence-corrected chi connectivity index (χ4v) is 4.69. The molecule has 0 aliphatic carbocycles. The molecule has 13 heteroatoms. The molecule has 12 nitrogen and oxygen atoms in total. The molecule has 1 atom stereocenters. The zero-order valence-corrected chi connectivity index (χ0v) is 21.5. The Labute approximate surface area is 225 Å². The van der Waals surface area contributed by atoms with Crippen LogP contribution in [0, 0.1) is 10.1 Å². The van der Waals surface area contributed by atoms with Gasteiger partial charge in [-0.25, -0.2) is 9.78 Å². The van der Waals surface area contributed by atoms with Gasteiger partial charge in [-0.1, -0.05) is 17.7 Å². The van der Waals surface area contributed by atoms with Gasteiger partial charge >= 0.3 is 5.97 Å². The first-order valence-electron chi connectivity index (χ1n) is 12.1. The third-order valence-corrected chi connectivity index (χ3v) is 6.52. The number of rotatable bonds is 6. The summed E-state index contributed by atoms with van der Waals surface area (Å²) in [5.41, 5.74) is -1.13. The predicted octanol–water partition coefficient (Wildman–Crippen LogP) is 3.31. The summed E-state index contributed by atoms with van der Waals surface area (Å²) in [6, 6.07) is 9.86. The predicted molar refractivity (Wildman–Crippen MR) is 140 cm³/mol.